The Bertz CT molecular complexity index is 1340. The van der Waals surface area contributed by atoms with Crippen molar-refractivity contribution in [1.82, 2.24) is 4.98 Å². The third-order valence-electron chi connectivity index (χ3n) is 4.58. The molecule has 0 atom stereocenters. The van der Waals surface area contributed by atoms with Crippen molar-refractivity contribution in [2.75, 3.05) is 5.32 Å². The summed E-state index contributed by atoms with van der Waals surface area (Å²) in [4.78, 5) is 27.3. The van der Waals surface area contributed by atoms with Crippen LogP contribution in [0.1, 0.15) is 11.1 Å². The Morgan fingerprint density at radius 1 is 1.03 bits per heavy atom. The molecule has 0 bridgehead atoms. The van der Waals surface area contributed by atoms with E-state index in [0.717, 1.165) is 12.1 Å². The number of nitrogens with zero attached hydrogens (tertiary/aromatic N) is 1. The quantitative estimate of drug-likeness (QED) is 0.414. The molecule has 8 heteroatoms. The standard InChI is InChI=1S/C24H16F2N2O4/c25-17-7-8-19(18(26)13-17)27-22(29)10-4-14-1-5-16(6-2-14)24-28-20-11-15(12-23(30)31)3-9-21(20)32-24/h1-11,13H,12H2,(H,27,29)(H,30,31). The molecule has 0 unspecified atom stereocenters. The maximum Gasteiger partial charge on any atom is 0.307 e. The Hall–Kier alpha value is -4.33. The van der Waals surface area contributed by atoms with Crippen molar-refractivity contribution in [1.29, 1.82) is 0 Å². The van der Waals surface area contributed by atoms with E-state index in [9.17, 15) is 18.4 Å². The number of aliphatic carboxylic acids is 1. The van der Waals surface area contributed by atoms with Crippen molar-refractivity contribution < 1.29 is 27.9 Å². The van der Waals surface area contributed by atoms with Crippen LogP contribution in [0.2, 0.25) is 0 Å². The van der Waals surface area contributed by atoms with Crippen LogP contribution >= 0.6 is 0 Å². The number of amides is 1. The summed E-state index contributed by atoms with van der Waals surface area (Å²) < 4.78 is 32.3. The minimum Gasteiger partial charge on any atom is -0.481 e. The molecule has 1 heterocycles. The number of carbonyl (C=O) groups excluding carboxylic acids is 1. The van der Waals surface area contributed by atoms with E-state index in [4.69, 9.17) is 9.52 Å². The number of hydrogen-bond donors (Lipinski definition) is 2. The molecule has 0 saturated carbocycles. The van der Waals surface area contributed by atoms with E-state index in [1.54, 1.807) is 48.5 Å². The molecule has 32 heavy (non-hydrogen) atoms. The van der Waals surface area contributed by atoms with E-state index in [2.05, 4.69) is 10.3 Å². The highest BCUT2D eigenvalue weighted by atomic mass is 19.1. The summed E-state index contributed by atoms with van der Waals surface area (Å²) >= 11 is 0. The van der Waals surface area contributed by atoms with Gasteiger partial charge in [0.15, 0.2) is 5.58 Å². The minimum absolute atomic E-state index is 0.0967. The van der Waals surface area contributed by atoms with Crippen molar-refractivity contribution in [2.24, 2.45) is 0 Å². The number of anilines is 1. The maximum absolute atomic E-state index is 13.6. The van der Waals surface area contributed by atoms with Gasteiger partial charge in [0.05, 0.1) is 12.1 Å². The third-order valence-corrected chi connectivity index (χ3v) is 4.58. The molecule has 0 aliphatic carbocycles. The lowest BCUT2D eigenvalue weighted by atomic mass is 10.1. The Morgan fingerprint density at radius 2 is 1.81 bits per heavy atom. The Labute approximate surface area is 180 Å². The van der Waals surface area contributed by atoms with Crippen molar-refractivity contribution in [3.8, 4) is 11.5 Å². The van der Waals surface area contributed by atoms with Gasteiger partial charge >= 0.3 is 5.97 Å². The van der Waals surface area contributed by atoms with Crippen molar-refractivity contribution in [3.63, 3.8) is 0 Å². The molecule has 0 fully saturated rings. The van der Waals surface area contributed by atoms with Gasteiger partial charge in [0.1, 0.15) is 17.2 Å². The number of carboxylic acid groups (broad SMARTS) is 1. The number of rotatable bonds is 6. The van der Waals surface area contributed by atoms with E-state index in [-0.39, 0.29) is 12.1 Å². The molecular weight excluding hydrogens is 418 g/mol. The molecule has 4 rings (SSSR count). The summed E-state index contributed by atoms with van der Waals surface area (Å²) in [6.45, 7) is 0. The van der Waals surface area contributed by atoms with E-state index >= 15 is 0 Å². The molecule has 1 aromatic heterocycles. The molecule has 0 aliphatic heterocycles. The van der Waals surface area contributed by atoms with Gasteiger partial charge in [-0.3, -0.25) is 9.59 Å². The van der Waals surface area contributed by atoms with Gasteiger partial charge in [0, 0.05) is 17.7 Å². The topological polar surface area (TPSA) is 92.4 Å². The van der Waals surface area contributed by atoms with Gasteiger partial charge in [-0.15, -0.1) is 0 Å². The molecular formula is C24H16F2N2O4. The molecule has 4 aromatic rings. The lowest BCUT2D eigenvalue weighted by molar-refractivity contribution is -0.136. The average Bonchev–Trinajstić information content (AvgIpc) is 3.17. The van der Waals surface area contributed by atoms with Crippen LogP contribution in [0.25, 0.3) is 28.6 Å². The van der Waals surface area contributed by atoms with Crippen LogP contribution in [0.3, 0.4) is 0 Å². The predicted octanol–water partition coefficient (Wildman–Crippen LogP) is 5.05. The van der Waals surface area contributed by atoms with Crippen molar-refractivity contribution >= 4 is 34.7 Å². The smallest absolute Gasteiger partial charge is 0.307 e. The van der Waals surface area contributed by atoms with Crippen molar-refractivity contribution in [2.45, 2.75) is 6.42 Å². The number of hydrogen-bond acceptors (Lipinski definition) is 4. The van der Waals surface area contributed by atoms with Crippen LogP contribution in [0, 0.1) is 11.6 Å². The number of carboxylic acids is 1. The first kappa shape index (κ1) is 20.9. The van der Waals surface area contributed by atoms with Crippen LogP contribution in [-0.2, 0) is 16.0 Å². The summed E-state index contributed by atoms with van der Waals surface area (Å²) in [7, 11) is 0. The fraction of sp³-hybridized carbons (Fsp3) is 0.0417. The molecule has 1 amide bonds. The minimum atomic E-state index is -0.923. The van der Waals surface area contributed by atoms with Crippen LogP contribution in [0.15, 0.2) is 71.2 Å². The van der Waals surface area contributed by atoms with E-state index in [1.165, 1.54) is 6.08 Å². The average molecular weight is 434 g/mol. The zero-order valence-corrected chi connectivity index (χ0v) is 16.5. The molecule has 0 radical (unpaired) electrons. The first-order valence-electron chi connectivity index (χ1n) is 9.53. The zero-order chi connectivity index (χ0) is 22.7. The Kier molecular flexibility index (Phi) is 5.76. The normalized spacial score (nSPS) is 11.2. The Balaban J connectivity index is 1.45. The first-order valence-corrected chi connectivity index (χ1v) is 9.53. The molecule has 0 spiro atoms. The number of fused-ring (bicyclic) bond motifs is 1. The summed E-state index contributed by atoms with van der Waals surface area (Å²) in [6, 6.07) is 15.0. The SMILES string of the molecule is O=C(O)Cc1ccc2oc(-c3ccc(C=CC(=O)Nc4ccc(F)cc4F)cc3)nc2c1. The molecule has 2 N–H and O–H groups in total. The summed E-state index contributed by atoms with van der Waals surface area (Å²) in [6.07, 6.45) is 2.69. The van der Waals surface area contributed by atoms with Gasteiger partial charge in [0.2, 0.25) is 11.8 Å². The maximum atomic E-state index is 13.6. The van der Waals surface area contributed by atoms with Gasteiger partial charge in [-0.25, -0.2) is 13.8 Å². The van der Waals surface area contributed by atoms with Gasteiger partial charge in [-0.1, -0.05) is 18.2 Å². The first-order chi connectivity index (χ1) is 15.4. The summed E-state index contributed by atoms with van der Waals surface area (Å²) in [5.41, 5.74) is 3.04. The lowest BCUT2D eigenvalue weighted by Gasteiger charge is -2.03. The molecule has 6 nitrogen and oxygen atoms in total. The van der Waals surface area contributed by atoms with Crippen LogP contribution in [0.5, 0.6) is 0 Å². The summed E-state index contributed by atoms with van der Waals surface area (Å²) in [5, 5.41) is 11.3. The van der Waals surface area contributed by atoms with Crippen LogP contribution < -0.4 is 5.32 Å². The largest absolute Gasteiger partial charge is 0.481 e. The van der Waals surface area contributed by atoms with Gasteiger partial charge in [-0.05, 0) is 53.6 Å². The molecule has 3 aromatic carbocycles. The van der Waals surface area contributed by atoms with Crippen LogP contribution in [0.4, 0.5) is 14.5 Å². The van der Waals surface area contributed by atoms with Gasteiger partial charge in [-0.2, -0.15) is 0 Å². The number of nitrogens with one attached hydrogen (secondary N) is 1. The molecule has 0 aliphatic rings. The van der Waals surface area contributed by atoms with Crippen molar-refractivity contribution in [3.05, 3.63) is 89.5 Å². The number of benzene rings is 3. The third kappa shape index (κ3) is 4.86. The fourth-order valence-electron chi connectivity index (χ4n) is 3.06. The zero-order valence-electron chi connectivity index (χ0n) is 16.5. The number of oxazole rings is 1. The highest BCUT2D eigenvalue weighted by Crippen LogP contribution is 2.25. The second-order valence-corrected chi connectivity index (χ2v) is 6.96. The molecule has 160 valence electrons. The van der Waals surface area contributed by atoms with Gasteiger partial charge < -0.3 is 14.8 Å². The highest BCUT2D eigenvalue weighted by Gasteiger charge is 2.10. The Morgan fingerprint density at radius 3 is 2.53 bits per heavy atom. The molecule has 0 saturated heterocycles. The monoisotopic (exact) mass is 434 g/mol. The highest BCUT2D eigenvalue weighted by molar-refractivity contribution is 6.02. The predicted molar refractivity (Wildman–Crippen MR) is 115 cm³/mol. The van der Waals surface area contributed by atoms with Gasteiger partial charge in [0.25, 0.3) is 0 Å². The number of halogens is 2. The second-order valence-electron chi connectivity index (χ2n) is 6.96. The second kappa shape index (κ2) is 8.81. The fourth-order valence-corrected chi connectivity index (χ4v) is 3.06. The lowest BCUT2D eigenvalue weighted by Crippen LogP contribution is -2.09. The van der Waals surface area contributed by atoms with E-state index in [0.29, 0.717) is 39.7 Å². The number of carbonyl (C=O) groups is 2. The van der Waals surface area contributed by atoms with E-state index < -0.39 is 23.5 Å². The van der Waals surface area contributed by atoms with E-state index in [1.807, 2.05) is 0 Å². The number of aromatic nitrogens is 1. The summed E-state index contributed by atoms with van der Waals surface area (Å²) in [5.74, 6) is -2.68. The van der Waals surface area contributed by atoms with Crippen LogP contribution in [-0.4, -0.2) is 22.0 Å².